The first kappa shape index (κ1) is 24.0. The Morgan fingerprint density at radius 1 is 1.06 bits per heavy atom. The molecule has 1 saturated heterocycles. The van der Waals surface area contributed by atoms with Crippen LogP contribution in [0, 0.1) is 0 Å². The van der Waals surface area contributed by atoms with Crippen LogP contribution in [0.1, 0.15) is 18.5 Å². The highest BCUT2D eigenvalue weighted by Crippen LogP contribution is 2.32. The first-order chi connectivity index (χ1) is 17.1. The van der Waals surface area contributed by atoms with Gasteiger partial charge in [0.05, 0.1) is 17.1 Å². The summed E-state index contributed by atoms with van der Waals surface area (Å²) >= 11 is 0. The molecule has 1 aromatic carbocycles. The SMILES string of the molecule is O=C(On1c(Cn2cccn2)cc2c(-c3ccc(S(=O)(=O)N4CCCC4)cc3)ccnc21)C(F)(F)F. The van der Waals surface area contributed by atoms with E-state index in [2.05, 4.69) is 14.9 Å². The van der Waals surface area contributed by atoms with E-state index in [0.717, 1.165) is 17.6 Å². The Bertz CT molecular complexity index is 1510. The van der Waals surface area contributed by atoms with E-state index in [1.807, 2.05) is 0 Å². The predicted octanol–water partition coefficient (Wildman–Crippen LogP) is 3.25. The Kier molecular flexibility index (Phi) is 6.04. The van der Waals surface area contributed by atoms with Crippen molar-refractivity contribution in [3.8, 4) is 11.1 Å². The first-order valence-electron chi connectivity index (χ1n) is 11.0. The van der Waals surface area contributed by atoms with Gasteiger partial charge in [0.2, 0.25) is 10.0 Å². The number of hydrogen-bond donors (Lipinski definition) is 0. The first-order valence-corrected chi connectivity index (χ1v) is 12.5. The molecule has 0 aliphatic carbocycles. The number of nitrogens with zero attached hydrogens (tertiary/aromatic N) is 5. The van der Waals surface area contributed by atoms with Crippen LogP contribution < -0.4 is 4.84 Å². The molecule has 13 heteroatoms. The number of pyridine rings is 1. The highest BCUT2D eigenvalue weighted by atomic mass is 32.2. The van der Waals surface area contributed by atoms with Crippen LogP contribution in [0.25, 0.3) is 22.2 Å². The van der Waals surface area contributed by atoms with Crippen molar-refractivity contribution in [2.45, 2.75) is 30.5 Å². The van der Waals surface area contributed by atoms with Gasteiger partial charge in [0.1, 0.15) is 0 Å². The molecule has 0 bridgehead atoms. The van der Waals surface area contributed by atoms with Crippen LogP contribution in [0.15, 0.2) is 66.0 Å². The van der Waals surface area contributed by atoms with E-state index in [0.29, 0.717) is 29.6 Å². The second kappa shape index (κ2) is 9.06. The number of alkyl halides is 3. The van der Waals surface area contributed by atoms with Gasteiger partial charge in [0.25, 0.3) is 0 Å². The minimum Gasteiger partial charge on any atom is -0.326 e. The lowest BCUT2D eigenvalue weighted by atomic mass is 10.0. The number of sulfonamides is 1. The number of rotatable bonds is 6. The third kappa shape index (κ3) is 4.46. The van der Waals surface area contributed by atoms with Gasteiger partial charge in [-0.2, -0.15) is 27.3 Å². The molecule has 3 aromatic heterocycles. The minimum absolute atomic E-state index is 0.000945. The van der Waals surface area contributed by atoms with Gasteiger partial charge >= 0.3 is 12.1 Å². The number of carbonyl (C=O) groups excluding carboxylic acids is 1. The average Bonchev–Trinajstić information content (AvgIpc) is 3.61. The van der Waals surface area contributed by atoms with Crippen LogP contribution in [-0.4, -0.2) is 57.5 Å². The molecule has 0 N–H and O–H groups in total. The van der Waals surface area contributed by atoms with Gasteiger partial charge in [0.15, 0.2) is 5.65 Å². The Labute approximate surface area is 203 Å². The number of aromatic nitrogens is 4. The molecule has 188 valence electrons. The van der Waals surface area contributed by atoms with E-state index in [1.54, 1.807) is 36.5 Å². The number of hydrogen-bond acceptors (Lipinski definition) is 6. The van der Waals surface area contributed by atoms with Crippen LogP contribution >= 0.6 is 0 Å². The van der Waals surface area contributed by atoms with Crippen molar-refractivity contribution in [2.24, 2.45) is 0 Å². The van der Waals surface area contributed by atoms with Crippen LogP contribution in [0.3, 0.4) is 0 Å². The maximum atomic E-state index is 13.0. The molecule has 0 spiro atoms. The summed E-state index contributed by atoms with van der Waals surface area (Å²) in [6, 6.07) is 11.1. The third-order valence-electron chi connectivity index (χ3n) is 5.89. The van der Waals surface area contributed by atoms with Gasteiger partial charge < -0.3 is 4.84 Å². The molecule has 1 aliphatic heterocycles. The highest BCUT2D eigenvalue weighted by molar-refractivity contribution is 7.89. The Morgan fingerprint density at radius 2 is 1.78 bits per heavy atom. The molecule has 36 heavy (non-hydrogen) atoms. The van der Waals surface area contributed by atoms with E-state index >= 15 is 0 Å². The molecule has 0 saturated carbocycles. The zero-order valence-electron chi connectivity index (χ0n) is 18.7. The van der Waals surface area contributed by atoms with E-state index in [1.165, 1.54) is 33.5 Å². The van der Waals surface area contributed by atoms with Crippen molar-refractivity contribution >= 4 is 27.0 Å². The van der Waals surface area contributed by atoms with E-state index in [-0.39, 0.29) is 22.8 Å². The summed E-state index contributed by atoms with van der Waals surface area (Å²) in [7, 11) is -3.60. The molecule has 4 heterocycles. The number of fused-ring (bicyclic) bond motifs is 1. The Balaban J connectivity index is 1.56. The molecule has 0 atom stereocenters. The van der Waals surface area contributed by atoms with E-state index in [9.17, 15) is 26.4 Å². The number of halogens is 3. The fourth-order valence-electron chi connectivity index (χ4n) is 4.17. The highest BCUT2D eigenvalue weighted by Gasteiger charge is 2.42. The maximum absolute atomic E-state index is 13.0. The van der Waals surface area contributed by atoms with Gasteiger partial charge in [-0.15, -0.1) is 0 Å². The molecule has 0 amide bonds. The second-order valence-electron chi connectivity index (χ2n) is 8.24. The van der Waals surface area contributed by atoms with E-state index < -0.39 is 22.2 Å². The van der Waals surface area contributed by atoms with E-state index in [4.69, 9.17) is 0 Å². The summed E-state index contributed by atoms with van der Waals surface area (Å²) in [4.78, 5) is 20.6. The van der Waals surface area contributed by atoms with Crippen molar-refractivity contribution in [2.75, 3.05) is 13.1 Å². The summed E-state index contributed by atoms with van der Waals surface area (Å²) in [6.45, 7) is 0.984. The molecule has 1 fully saturated rings. The van der Waals surface area contributed by atoms with Crippen LogP contribution in [0.2, 0.25) is 0 Å². The van der Waals surface area contributed by atoms with Crippen molar-refractivity contribution in [3.05, 3.63) is 66.7 Å². The van der Waals surface area contributed by atoms with Crippen molar-refractivity contribution in [1.82, 2.24) is 23.8 Å². The predicted molar refractivity (Wildman–Crippen MR) is 122 cm³/mol. The molecule has 9 nitrogen and oxygen atoms in total. The molecule has 4 aromatic rings. The van der Waals surface area contributed by atoms with Gasteiger partial charge in [-0.1, -0.05) is 12.1 Å². The minimum atomic E-state index is -5.20. The summed E-state index contributed by atoms with van der Waals surface area (Å²) in [6.07, 6.45) is 0.944. The van der Waals surface area contributed by atoms with Crippen molar-refractivity contribution in [1.29, 1.82) is 0 Å². The molecule has 0 radical (unpaired) electrons. The lowest BCUT2D eigenvalue weighted by Gasteiger charge is -2.15. The normalized spacial score (nSPS) is 15.0. The second-order valence-corrected chi connectivity index (χ2v) is 10.2. The molecule has 0 unspecified atom stereocenters. The van der Waals surface area contributed by atoms with Gasteiger partial charge in [-0.05, 0) is 54.3 Å². The fourth-order valence-corrected chi connectivity index (χ4v) is 5.69. The number of carbonyl (C=O) groups is 1. The van der Waals surface area contributed by atoms with Crippen LogP contribution in [-0.2, 0) is 21.4 Å². The van der Waals surface area contributed by atoms with Gasteiger partial charge in [-0.3, -0.25) is 4.68 Å². The summed E-state index contributed by atoms with van der Waals surface area (Å²) < 4.78 is 68.2. The lowest BCUT2D eigenvalue weighted by molar-refractivity contribution is -0.199. The summed E-state index contributed by atoms with van der Waals surface area (Å²) in [5, 5.41) is 4.48. The molecular weight excluding hydrogens is 499 g/mol. The maximum Gasteiger partial charge on any atom is 0.493 e. The molecular formula is C23H20F3N5O4S. The summed E-state index contributed by atoms with van der Waals surface area (Å²) in [5.41, 5.74) is 1.40. The van der Waals surface area contributed by atoms with Crippen molar-refractivity contribution < 1.29 is 31.2 Å². The monoisotopic (exact) mass is 519 g/mol. The molecule has 1 aliphatic rings. The number of benzene rings is 1. The average molecular weight is 520 g/mol. The quantitative estimate of drug-likeness (QED) is 0.388. The largest absolute Gasteiger partial charge is 0.493 e. The van der Waals surface area contributed by atoms with Crippen molar-refractivity contribution in [3.63, 3.8) is 0 Å². The smallest absolute Gasteiger partial charge is 0.326 e. The topological polar surface area (TPSA) is 99.3 Å². The van der Waals surface area contributed by atoms with Gasteiger partial charge in [0, 0.05) is 37.1 Å². The zero-order chi connectivity index (χ0) is 25.5. The molecule has 5 rings (SSSR count). The standard InChI is InChI=1S/C23H20F3N5O4S/c24-23(25,26)22(32)35-31-17(15-29-11-3-9-28-29)14-20-19(8-10-27-21(20)31)16-4-6-18(7-5-16)36(33,34)30-12-1-2-13-30/h3-11,14H,1-2,12-13,15H2. The van der Waals surface area contributed by atoms with Gasteiger partial charge in [-0.25, -0.2) is 18.2 Å². The fraction of sp³-hybridized carbons (Fsp3) is 0.261. The zero-order valence-corrected chi connectivity index (χ0v) is 19.5. The van der Waals surface area contributed by atoms with Crippen LogP contribution in [0.4, 0.5) is 13.2 Å². The lowest BCUT2D eigenvalue weighted by Crippen LogP contribution is -2.34. The Morgan fingerprint density at radius 3 is 2.42 bits per heavy atom. The summed E-state index contributed by atoms with van der Waals surface area (Å²) in [5.74, 6) is -2.38. The third-order valence-corrected chi connectivity index (χ3v) is 7.80. The van der Waals surface area contributed by atoms with Crippen LogP contribution in [0.5, 0.6) is 0 Å². The Hall–Kier alpha value is -3.71.